The van der Waals surface area contributed by atoms with Crippen molar-refractivity contribution in [1.29, 1.82) is 0 Å². The van der Waals surface area contributed by atoms with E-state index >= 15 is 0 Å². The van der Waals surface area contributed by atoms with Gasteiger partial charge < -0.3 is 23.0 Å². The molecule has 121 valence electrons. The van der Waals surface area contributed by atoms with Crippen LogP contribution in [0.3, 0.4) is 0 Å². The van der Waals surface area contributed by atoms with E-state index in [9.17, 15) is 0 Å². The fourth-order valence-corrected chi connectivity index (χ4v) is 2.08. The molecule has 0 saturated heterocycles. The van der Waals surface area contributed by atoms with E-state index < -0.39 is 0 Å². The quantitative estimate of drug-likeness (QED) is 0.586. The van der Waals surface area contributed by atoms with Gasteiger partial charge in [-0.2, -0.15) is 0 Å². The van der Waals surface area contributed by atoms with Crippen molar-refractivity contribution < 1.29 is 35.6 Å². The van der Waals surface area contributed by atoms with Gasteiger partial charge in [0, 0.05) is 42.1 Å². The predicted octanol–water partition coefficient (Wildman–Crippen LogP) is 4.70. The summed E-state index contributed by atoms with van der Waals surface area (Å²) in [6, 6.07) is 0.847. The van der Waals surface area contributed by atoms with Gasteiger partial charge in [0.15, 0.2) is 0 Å². The van der Waals surface area contributed by atoms with Crippen LogP contribution < -0.4 is 0 Å². The van der Waals surface area contributed by atoms with Gasteiger partial charge in [-0.15, -0.1) is 12.1 Å². The summed E-state index contributed by atoms with van der Waals surface area (Å²) in [6.45, 7) is 10.2. The number of rotatable bonds is 6. The van der Waals surface area contributed by atoms with E-state index in [2.05, 4.69) is 57.3 Å². The van der Waals surface area contributed by atoms with E-state index in [0.717, 1.165) is 5.92 Å². The van der Waals surface area contributed by atoms with Crippen molar-refractivity contribution >= 4 is 0 Å². The Hall–Kier alpha value is 1.07. The van der Waals surface area contributed by atoms with Crippen LogP contribution in [0.1, 0.15) is 53.4 Å². The summed E-state index contributed by atoms with van der Waals surface area (Å²) in [6.07, 6.45) is 5.88. The van der Waals surface area contributed by atoms with E-state index in [0.29, 0.717) is 18.8 Å². The van der Waals surface area contributed by atoms with E-state index in [1.165, 1.54) is 32.2 Å². The molecular weight excluding hydrogens is 373 g/mol. The van der Waals surface area contributed by atoms with Gasteiger partial charge in [-0.05, 0) is 32.9 Å². The fraction of sp³-hybridized carbons (Fsp3) is 0.938. The third-order valence-electron chi connectivity index (χ3n) is 2.99. The average Bonchev–Trinajstić information content (AvgIpc) is 2.69. The first kappa shape index (κ1) is 26.0. The molecular formula is C16H36LaN3-3. The second-order valence-corrected chi connectivity index (χ2v) is 6.11. The van der Waals surface area contributed by atoms with Gasteiger partial charge in [0.25, 0.3) is 0 Å². The summed E-state index contributed by atoms with van der Waals surface area (Å²) in [5.74, 6) is 1.01. The molecule has 0 N–H and O–H groups in total. The molecule has 1 rings (SSSR count). The molecule has 0 amide bonds. The Kier molecular flexibility index (Phi) is 21.4. The molecule has 0 aromatic carbocycles. The van der Waals surface area contributed by atoms with Crippen molar-refractivity contribution in [2.24, 2.45) is 5.92 Å². The maximum Gasteiger partial charge on any atom is 0.000356 e. The largest absolute Gasteiger partial charge is 0.678 e. The first-order valence-electron chi connectivity index (χ1n) is 7.39. The second kappa shape index (κ2) is 16.4. The normalized spacial score (nSPS) is 14.8. The van der Waals surface area contributed by atoms with Crippen LogP contribution in [-0.2, 0) is 0 Å². The smallest absolute Gasteiger partial charge is 0.000356 e. The third-order valence-corrected chi connectivity index (χ3v) is 2.99. The molecule has 1 saturated carbocycles. The third kappa shape index (κ3) is 19.1. The molecule has 0 aromatic rings. The molecule has 0 heterocycles. The minimum Gasteiger partial charge on any atom is -0.678 e. The molecule has 1 fully saturated rings. The molecule has 20 heavy (non-hydrogen) atoms. The minimum atomic E-state index is 0. The topological polar surface area (TPSA) is 31.4 Å². The van der Waals surface area contributed by atoms with E-state index in [1.54, 1.807) is 0 Å². The second-order valence-electron chi connectivity index (χ2n) is 6.11. The molecule has 0 aliphatic heterocycles. The van der Waals surface area contributed by atoms with Crippen molar-refractivity contribution in [2.45, 2.75) is 65.5 Å². The van der Waals surface area contributed by atoms with Gasteiger partial charge in [0.1, 0.15) is 0 Å². The van der Waals surface area contributed by atoms with Crippen LogP contribution in [-0.4, -0.2) is 44.3 Å². The summed E-state index contributed by atoms with van der Waals surface area (Å²) in [5, 5.41) is 8.40. The number of hydrogen-bond donors (Lipinski definition) is 0. The standard InChI is InChI=1S/C8H17N.C7H16N2.CH3.La/c1-9(2)7-8-5-3-4-6-8;1-6(2)8-5-9-7(3)4;;/h8H,3-7H2,1-2H3;6-7H,5H2,1-4H3;1H3;/q;-2;-1;. The molecule has 0 bridgehead atoms. The predicted molar refractivity (Wildman–Crippen MR) is 88.8 cm³/mol. The zero-order chi connectivity index (χ0) is 14.0. The van der Waals surface area contributed by atoms with Gasteiger partial charge in [-0.25, -0.2) is 0 Å². The summed E-state index contributed by atoms with van der Waals surface area (Å²) >= 11 is 0. The maximum absolute atomic E-state index is 4.20. The monoisotopic (exact) mass is 409 g/mol. The maximum atomic E-state index is 4.20. The van der Waals surface area contributed by atoms with Gasteiger partial charge >= 0.3 is 0 Å². The first-order valence-corrected chi connectivity index (χ1v) is 7.39. The molecule has 0 aromatic heterocycles. The zero-order valence-corrected chi connectivity index (χ0v) is 18.5. The molecule has 1 radical (unpaired) electrons. The summed E-state index contributed by atoms with van der Waals surface area (Å²) in [5.41, 5.74) is 0. The molecule has 1 aliphatic rings. The van der Waals surface area contributed by atoms with E-state index in [-0.39, 0.29) is 43.0 Å². The van der Waals surface area contributed by atoms with E-state index in [1.807, 2.05) is 0 Å². The van der Waals surface area contributed by atoms with Gasteiger partial charge in [0.2, 0.25) is 0 Å². The van der Waals surface area contributed by atoms with Gasteiger partial charge in [0.05, 0.1) is 0 Å². The Morgan fingerprint density at radius 2 is 1.35 bits per heavy atom. The Morgan fingerprint density at radius 1 is 0.950 bits per heavy atom. The van der Waals surface area contributed by atoms with Crippen LogP contribution >= 0.6 is 0 Å². The van der Waals surface area contributed by atoms with Gasteiger partial charge in [-0.3, -0.25) is 6.67 Å². The fourth-order valence-electron chi connectivity index (χ4n) is 2.08. The Bertz CT molecular complexity index is 171. The van der Waals surface area contributed by atoms with Crippen LogP contribution in [0.2, 0.25) is 0 Å². The molecule has 1 aliphatic carbocycles. The van der Waals surface area contributed by atoms with Crippen molar-refractivity contribution in [2.75, 3.05) is 27.3 Å². The Morgan fingerprint density at radius 3 is 1.65 bits per heavy atom. The molecule has 0 atom stereocenters. The Labute approximate surface area is 156 Å². The molecule has 3 nitrogen and oxygen atoms in total. The SMILES string of the molecule is CC(C)[N-]C[N-]C(C)C.CN(C)CC1CCCC1.[CH3-].[La]. The van der Waals surface area contributed by atoms with Crippen molar-refractivity contribution in [3.8, 4) is 0 Å². The summed E-state index contributed by atoms with van der Waals surface area (Å²) in [7, 11) is 4.33. The minimum absolute atomic E-state index is 0. The van der Waals surface area contributed by atoms with Crippen LogP contribution in [0.5, 0.6) is 0 Å². The summed E-state index contributed by atoms with van der Waals surface area (Å²) < 4.78 is 0. The first-order chi connectivity index (χ1) is 8.41. The van der Waals surface area contributed by atoms with Crippen LogP contribution in [0, 0.1) is 48.9 Å². The van der Waals surface area contributed by atoms with Crippen LogP contribution in [0.25, 0.3) is 10.6 Å². The zero-order valence-electron chi connectivity index (χ0n) is 14.9. The average molecular weight is 409 g/mol. The van der Waals surface area contributed by atoms with Crippen molar-refractivity contribution in [3.05, 3.63) is 18.1 Å². The van der Waals surface area contributed by atoms with Crippen molar-refractivity contribution in [3.63, 3.8) is 0 Å². The number of hydrogen-bond acceptors (Lipinski definition) is 1. The van der Waals surface area contributed by atoms with Gasteiger partial charge in [-0.1, -0.05) is 40.5 Å². The molecule has 0 unspecified atom stereocenters. The van der Waals surface area contributed by atoms with Crippen LogP contribution in [0.15, 0.2) is 0 Å². The Balaban J connectivity index is -0.000000263. The number of nitrogens with zero attached hydrogens (tertiary/aromatic N) is 3. The molecule has 0 spiro atoms. The van der Waals surface area contributed by atoms with Crippen molar-refractivity contribution in [1.82, 2.24) is 4.90 Å². The van der Waals surface area contributed by atoms with E-state index in [4.69, 9.17) is 0 Å². The van der Waals surface area contributed by atoms with Crippen LogP contribution in [0.4, 0.5) is 0 Å². The summed E-state index contributed by atoms with van der Waals surface area (Å²) in [4.78, 5) is 2.30. The molecule has 4 heteroatoms.